The summed E-state index contributed by atoms with van der Waals surface area (Å²) in [4.78, 5) is 2.33. The molecule has 0 radical (unpaired) electrons. The predicted octanol–water partition coefficient (Wildman–Crippen LogP) is 4.97. The Labute approximate surface area is 138 Å². The van der Waals surface area contributed by atoms with Gasteiger partial charge in [-0.25, -0.2) is 0 Å². The topological polar surface area (TPSA) is 26.9 Å². The van der Waals surface area contributed by atoms with Gasteiger partial charge < -0.3 is 10.3 Å². The highest BCUT2D eigenvalue weighted by molar-refractivity contribution is 5.84. The van der Waals surface area contributed by atoms with Gasteiger partial charge in [0.2, 0.25) is 0 Å². The Morgan fingerprint density at radius 2 is 2.00 bits per heavy atom. The largest absolute Gasteiger partial charge is 0.334 e. The van der Waals surface area contributed by atoms with E-state index in [2.05, 4.69) is 54.3 Å². The van der Waals surface area contributed by atoms with Crippen molar-refractivity contribution in [2.45, 2.75) is 39.2 Å². The third-order valence-corrected chi connectivity index (χ3v) is 5.18. The first kappa shape index (κ1) is 14.3. The lowest BCUT2D eigenvalue weighted by Crippen LogP contribution is -1.96. The van der Waals surface area contributed by atoms with Crippen molar-refractivity contribution in [2.24, 2.45) is 0 Å². The van der Waals surface area contributed by atoms with Crippen LogP contribution in [0.25, 0.3) is 11.1 Å². The molecule has 1 fully saturated rings. The predicted molar refractivity (Wildman–Crippen MR) is 97.3 cm³/mol. The van der Waals surface area contributed by atoms with E-state index >= 15 is 0 Å². The van der Waals surface area contributed by atoms with Crippen molar-refractivity contribution in [1.82, 2.24) is 0 Å². The Balaban J connectivity index is 1.74. The monoisotopic (exact) mass is 302 g/mol. The van der Waals surface area contributed by atoms with Crippen LogP contribution in [0.3, 0.4) is 0 Å². The molecule has 1 atom stereocenters. The van der Waals surface area contributed by atoms with Gasteiger partial charge in [-0.1, -0.05) is 30.3 Å². The molecular formula is C21H22N2. The number of aryl methyl sites for hydroxylation is 1. The lowest BCUT2D eigenvalue weighted by Gasteiger charge is -2.11. The molecule has 0 spiro atoms. The van der Waals surface area contributed by atoms with Gasteiger partial charge in [-0.3, -0.25) is 0 Å². The number of rotatable bonds is 3. The maximum atomic E-state index is 7.47. The van der Waals surface area contributed by atoms with Gasteiger partial charge in [-0.15, -0.1) is 0 Å². The summed E-state index contributed by atoms with van der Waals surface area (Å²) in [7, 11) is 0. The Bertz CT molecular complexity index is 816. The van der Waals surface area contributed by atoms with E-state index in [1.165, 1.54) is 59.1 Å². The lowest BCUT2D eigenvalue weighted by atomic mass is 9.96. The summed E-state index contributed by atoms with van der Waals surface area (Å²) in [6, 6.07) is 16.0. The van der Waals surface area contributed by atoms with Crippen LogP contribution >= 0.6 is 0 Å². The highest BCUT2D eigenvalue weighted by Crippen LogP contribution is 2.42. The highest BCUT2D eigenvalue weighted by Gasteiger charge is 2.39. The van der Waals surface area contributed by atoms with E-state index in [0.29, 0.717) is 6.04 Å². The number of allylic oxidation sites excluding steroid dienone is 1. The van der Waals surface area contributed by atoms with Gasteiger partial charge in [-0.05, 0) is 73.1 Å². The van der Waals surface area contributed by atoms with Crippen LogP contribution in [0.5, 0.6) is 0 Å². The van der Waals surface area contributed by atoms with Crippen LogP contribution in [0, 0.1) is 5.41 Å². The van der Waals surface area contributed by atoms with Crippen LogP contribution in [0.1, 0.15) is 31.4 Å². The van der Waals surface area contributed by atoms with Crippen molar-refractivity contribution in [3.8, 4) is 11.1 Å². The Kier molecular flexibility index (Phi) is 3.33. The summed E-state index contributed by atoms with van der Waals surface area (Å²) in [5.41, 5.74) is 9.33. The van der Waals surface area contributed by atoms with Crippen molar-refractivity contribution in [1.29, 1.82) is 5.41 Å². The summed E-state index contributed by atoms with van der Waals surface area (Å²) in [5, 5.41) is 7.47. The fourth-order valence-electron chi connectivity index (χ4n) is 3.97. The maximum absolute atomic E-state index is 7.47. The molecule has 0 bridgehead atoms. The normalized spacial score (nSPS) is 21.1. The number of anilines is 1. The fraction of sp³-hybridized carbons (Fsp3) is 0.286. The highest BCUT2D eigenvalue weighted by atomic mass is 15.3. The smallest absolute Gasteiger partial charge is 0.0716 e. The van der Waals surface area contributed by atoms with E-state index in [0.717, 1.165) is 5.57 Å². The van der Waals surface area contributed by atoms with Gasteiger partial charge in [0.25, 0.3) is 0 Å². The molecule has 2 heteroatoms. The van der Waals surface area contributed by atoms with Crippen LogP contribution < -0.4 is 4.90 Å². The van der Waals surface area contributed by atoms with Crippen molar-refractivity contribution in [2.75, 3.05) is 4.90 Å². The number of nitrogens with one attached hydrogen (secondary N) is 1. The molecule has 4 rings (SSSR count). The van der Waals surface area contributed by atoms with E-state index < -0.39 is 0 Å². The Hall–Kier alpha value is -2.35. The maximum Gasteiger partial charge on any atom is 0.0716 e. The van der Waals surface area contributed by atoms with Gasteiger partial charge in [0.1, 0.15) is 0 Å². The third-order valence-electron chi connectivity index (χ3n) is 5.18. The first-order valence-electron chi connectivity index (χ1n) is 8.42. The van der Waals surface area contributed by atoms with E-state index in [9.17, 15) is 0 Å². The molecule has 2 aliphatic rings. The van der Waals surface area contributed by atoms with Crippen molar-refractivity contribution < 1.29 is 0 Å². The van der Waals surface area contributed by atoms with Crippen LogP contribution in [0.2, 0.25) is 0 Å². The molecule has 1 aliphatic heterocycles. The zero-order valence-corrected chi connectivity index (χ0v) is 13.8. The minimum absolute atomic E-state index is 0.410. The molecule has 2 nitrogen and oxygen atoms in total. The number of nitrogens with zero attached hydrogens (tertiary/aromatic N) is 1. The molecule has 0 amide bonds. The molecule has 0 saturated carbocycles. The van der Waals surface area contributed by atoms with E-state index in [4.69, 9.17) is 5.41 Å². The van der Waals surface area contributed by atoms with Crippen LogP contribution in [-0.4, -0.2) is 12.3 Å². The summed E-state index contributed by atoms with van der Waals surface area (Å²) < 4.78 is 0. The lowest BCUT2D eigenvalue weighted by molar-refractivity contribution is 0.912. The van der Waals surface area contributed by atoms with Crippen molar-refractivity contribution in [3.05, 3.63) is 64.9 Å². The molecule has 0 aromatic heterocycles. The average Bonchev–Trinajstić information content (AvgIpc) is 3.03. The molecule has 116 valence electrons. The molecule has 1 unspecified atom stereocenters. The standard InChI is InChI=1S/C21H22N2/c1-14(13-22)21-15(2)23(21)18-9-3-8-17(12-18)20-11-5-7-16-6-4-10-19(16)20/h3,5,7-9,11-13,15,22H,4,6,10H2,1-2H3/b21-14-,22-13?. The molecule has 1 aliphatic carbocycles. The zero-order chi connectivity index (χ0) is 16.0. The second-order valence-electron chi connectivity index (χ2n) is 6.61. The first-order chi connectivity index (χ1) is 11.2. The summed E-state index contributed by atoms with van der Waals surface area (Å²) in [5.74, 6) is 0. The quantitative estimate of drug-likeness (QED) is 0.628. The number of fused-ring (bicyclic) bond motifs is 1. The van der Waals surface area contributed by atoms with Crippen molar-refractivity contribution in [3.63, 3.8) is 0 Å². The summed E-state index contributed by atoms with van der Waals surface area (Å²) in [6.07, 6.45) is 5.16. The summed E-state index contributed by atoms with van der Waals surface area (Å²) in [6.45, 7) is 4.22. The molecule has 1 saturated heterocycles. The second-order valence-corrected chi connectivity index (χ2v) is 6.61. The minimum Gasteiger partial charge on any atom is -0.334 e. The minimum atomic E-state index is 0.410. The number of hydrogen-bond donors (Lipinski definition) is 1. The van der Waals surface area contributed by atoms with Gasteiger partial charge in [0.15, 0.2) is 0 Å². The Morgan fingerprint density at radius 3 is 2.83 bits per heavy atom. The first-order valence-corrected chi connectivity index (χ1v) is 8.42. The third kappa shape index (κ3) is 2.29. The van der Waals surface area contributed by atoms with Crippen molar-refractivity contribution >= 4 is 11.9 Å². The van der Waals surface area contributed by atoms with Gasteiger partial charge in [-0.2, -0.15) is 0 Å². The average molecular weight is 302 g/mol. The van der Waals surface area contributed by atoms with Crippen LogP contribution in [-0.2, 0) is 12.8 Å². The van der Waals surface area contributed by atoms with E-state index in [-0.39, 0.29) is 0 Å². The molecule has 1 N–H and O–H groups in total. The SMILES string of the molecule is C/C(C=N)=C1\C(C)N1c1cccc(-c2cccc3c2CCC3)c1. The fourth-order valence-corrected chi connectivity index (χ4v) is 3.97. The van der Waals surface area contributed by atoms with Crippen LogP contribution in [0.4, 0.5) is 5.69 Å². The van der Waals surface area contributed by atoms with Gasteiger partial charge in [0, 0.05) is 17.6 Å². The van der Waals surface area contributed by atoms with Gasteiger partial charge >= 0.3 is 0 Å². The number of hydrogen-bond acceptors (Lipinski definition) is 2. The number of benzene rings is 2. The zero-order valence-electron chi connectivity index (χ0n) is 13.8. The second kappa shape index (κ2) is 5.38. The molecule has 2 aromatic carbocycles. The van der Waals surface area contributed by atoms with E-state index in [1.807, 2.05) is 6.92 Å². The van der Waals surface area contributed by atoms with Crippen LogP contribution in [0.15, 0.2) is 53.7 Å². The Morgan fingerprint density at radius 1 is 1.17 bits per heavy atom. The van der Waals surface area contributed by atoms with E-state index in [1.54, 1.807) is 0 Å². The molecule has 2 aromatic rings. The summed E-state index contributed by atoms with van der Waals surface area (Å²) >= 11 is 0. The molecule has 23 heavy (non-hydrogen) atoms. The van der Waals surface area contributed by atoms with Gasteiger partial charge in [0.05, 0.1) is 6.04 Å². The molecular weight excluding hydrogens is 280 g/mol. The molecule has 1 heterocycles.